The SMILES string of the molecule is Cc1csc(CCCNC(=O)[C@@H]2CNC[C@H](C(=O)N3CCCC3)C2)n1. The van der Waals surface area contributed by atoms with Crippen LogP contribution in [-0.4, -0.2) is 54.4 Å². The van der Waals surface area contributed by atoms with E-state index in [9.17, 15) is 9.59 Å². The third-order valence-electron chi connectivity index (χ3n) is 5.02. The van der Waals surface area contributed by atoms with E-state index in [0.29, 0.717) is 26.1 Å². The lowest BCUT2D eigenvalue weighted by Gasteiger charge is -2.31. The van der Waals surface area contributed by atoms with Gasteiger partial charge in [-0.15, -0.1) is 11.3 Å². The summed E-state index contributed by atoms with van der Waals surface area (Å²) in [6.07, 6.45) is 4.68. The summed E-state index contributed by atoms with van der Waals surface area (Å²) < 4.78 is 0. The molecule has 0 aliphatic carbocycles. The summed E-state index contributed by atoms with van der Waals surface area (Å²) in [5, 5.41) is 9.49. The van der Waals surface area contributed by atoms with Gasteiger partial charge in [-0.3, -0.25) is 9.59 Å². The molecular formula is C18H28N4O2S. The number of carbonyl (C=O) groups is 2. The number of hydrogen-bond acceptors (Lipinski definition) is 5. The monoisotopic (exact) mass is 364 g/mol. The summed E-state index contributed by atoms with van der Waals surface area (Å²) >= 11 is 1.68. The van der Waals surface area contributed by atoms with Gasteiger partial charge in [0.25, 0.3) is 0 Å². The van der Waals surface area contributed by atoms with Crippen LogP contribution < -0.4 is 10.6 Å². The lowest BCUT2D eigenvalue weighted by atomic mass is 9.89. The number of rotatable bonds is 6. The molecule has 2 amide bonds. The molecule has 0 bridgehead atoms. The average Bonchev–Trinajstić information content (AvgIpc) is 3.30. The first-order chi connectivity index (χ1) is 12.1. The number of piperidine rings is 1. The maximum absolute atomic E-state index is 12.5. The van der Waals surface area contributed by atoms with Crippen molar-refractivity contribution in [1.82, 2.24) is 20.5 Å². The Morgan fingerprint density at radius 1 is 1.32 bits per heavy atom. The molecule has 2 aliphatic heterocycles. The number of carbonyl (C=O) groups excluding carboxylic acids is 2. The molecule has 2 N–H and O–H groups in total. The predicted octanol–water partition coefficient (Wildman–Crippen LogP) is 1.35. The van der Waals surface area contributed by atoms with Gasteiger partial charge in [0.1, 0.15) is 0 Å². The molecule has 0 aromatic carbocycles. The van der Waals surface area contributed by atoms with Crippen LogP contribution in [0.25, 0.3) is 0 Å². The van der Waals surface area contributed by atoms with Crippen molar-refractivity contribution < 1.29 is 9.59 Å². The molecule has 2 aliphatic rings. The van der Waals surface area contributed by atoms with E-state index >= 15 is 0 Å². The zero-order valence-electron chi connectivity index (χ0n) is 14.9. The normalized spacial score (nSPS) is 23.6. The van der Waals surface area contributed by atoms with Crippen molar-refractivity contribution in [3.8, 4) is 0 Å². The van der Waals surface area contributed by atoms with Crippen molar-refractivity contribution in [2.75, 3.05) is 32.7 Å². The second-order valence-corrected chi connectivity index (χ2v) is 8.04. The van der Waals surface area contributed by atoms with Gasteiger partial charge in [0.15, 0.2) is 0 Å². The second-order valence-electron chi connectivity index (χ2n) is 7.10. The maximum Gasteiger partial charge on any atom is 0.226 e. The molecule has 0 saturated carbocycles. The summed E-state index contributed by atoms with van der Waals surface area (Å²) in [5.41, 5.74) is 1.06. The molecule has 25 heavy (non-hydrogen) atoms. The van der Waals surface area contributed by atoms with Crippen molar-refractivity contribution in [3.63, 3.8) is 0 Å². The van der Waals surface area contributed by atoms with Gasteiger partial charge in [0.05, 0.1) is 16.8 Å². The third kappa shape index (κ3) is 5.01. The lowest BCUT2D eigenvalue weighted by molar-refractivity contribution is -0.136. The number of hydrogen-bond donors (Lipinski definition) is 2. The van der Waals surface area contributed by atoms with Crippen LogP contribution in [0, 0.1) is 18.8 Å². The molecule has 3 rings (SSSR count). The molecular weight excluding hydrogens is 336 g/mol. The number of aromatic nitrogens is 1. The first-order valence-electron chi connectivity index (χ1n) is 9.31. The number of nitrogens with zero attached hydrogens (tertiary/aromatic N) is 2. The quantitative estimate of drug-likeness (QED) is 0.747. The molecule has 2 atom stereocenters. The van der Waals surface area contributed by atoms with Gasteiger partial charge < -0.3 is 15.5 Å². The Hall–Kier alpha value is -1.47. The number of amides is 2. The molecule has 0 radical (unpaired) electrons. The Labute approximate surface area is 153 Å². The zero-order valence-corrected chi connectivity index (χ0v) is 15.7. The average molecular weight is 365 g/mol. The Bertz CT molecular complexity index is 598. The minimum absolute atomic E-state index is 0.0547. The molecule has 0 unspecified atom stereocenters. The van der Waals surface area contributed by atoms with Crippen LogP contribution in [-0.2, 0) is 16.0 Å². The third-order valence-corrected chi connectivity index (χ3v) is 6.05. The standard InChI is InChI=1S/C18H28N4O2S/c1-13-12-25-16(21-13)5-4-6-20-17(23)14-9-15(11-19-10-14)18(24)22-7-2-3-8-22/h12,14-15,19H,2-11H2,1H3,(H,20,23)/t14-,15+/m0/s1. The summed E-state index contributed by atoms with van der Waals surface area (Å²) in [7, 11) is 0. The summed E-state index contributed by atoms with van der Waals surface area (Å²) in [5.74, 6) is 0.136. The largest absolute Gasteiger partial charge is 0.356 e. The molecule has 0 spiro atoms. The van der Waals surface area contributed by atoms with Crippen LogP contribution in [0.3, 0.4) is 0 Å². The van der Waals surface area contributed by atoms with Crippen LogP contribution in [0.15, 0.2) is 5.38 Å². The Balaban J connectivity index is 1.39. The Morgan fingerprint density at radius 3 is 2.80 bits per heavy atom. The first-order valence-corrected chi connectivity index (χ1v) is 10.2. The summed E-state index contributed by atoms with van der Waals surface area (Å²) in [6, 6.07) is 0. The fraction of sp³-hybridized carbons (Fsp3) is 0.722. The van der Waals surface area contributed by atoms with Crippen molar-refractivity contribution in [1.29, 1.82) is 0 Å². The van der Waals surface area contributed by atoms with Crippen LogP contribution in [0.1, 0.15) is 36.4 Å². The molecule has 1 aromatic heterocycles. The second kappa shape index (κ2) is 8.76. The van der Waals surface area contributed by atoms with Gasteiger partial charge >= 0.3 is 0 Å². The Kier molecular flexibility index (Phi) is 6.42. The molecule has 2 saturated heterocycles. The van der Waals surface area contributed by atoms with Gasteiger partial charge in [0.2, 0.25) is 11.8 Å². The van der Waals surface area contributed by atoms with Gasteiger partial charge in [0, 0.05) is 50.2 Å². The maximum atomic E-state index is 12.5. The summed E-state index contributed by atoms with van der Waals surface area (Å²) in [4.78, 5) is 31.3. The van der Waals surface area contributed by atoms with E-state index in [4.69, 9.17) is 0 Å². The van der Waals surface area contributed by atoms with Crippen LogP contribution >= 0.6 is 11.3 Å². The highest BCUT2D eigenvalue weighted by Gasteiger charge is 2.33. The number of thiazole rings is 1. The van der Waals surface area contributed by atoms with Crippen molar-refractivity contribution in [3.05, 3.63) is 16.1 Å². The van der Waals surface area contributed by atoms with Crippen molar-refractivity contribution in [2.45, 2.75) is 39.0 Å². The number of likely N-dealkylation sites (tertiary alicyclic amines) is 1. The minimum Gasteiger partial charge on any atom is -0.356 e. The zero-order chi connectivity index (χ0) is 17.6. The number of aryl methyl sites for hydroxylation is 2. The van der Waals surface area contributed by atoms with Crippen LogP contribution in [0.2, 0.25) is 0 Å². The lowest BCUT2D eigenvalue weighted by Crippen LogP contribution is -2.49. The highest BCUT2D eigenvalue weighted by atomic mass is 32.1. The highest BCUT2D eigenvalue weighted by Crippen LogP contribution is 2.21. The van der Waals surface area contributed by atoms with E-state index in [1.54, 1.807) is 11.3 Å². The van der Waals surface area contributed by atoms with E-state index in [1.165, 1.54) is 0 Å². The van der Waals surface area contributed by atoms with E-state index in [0.717, 1.165) is 49.5 Å². The molecule has 1 aromatic rings. The summed E-state index contributed by atoms with van der Waals surface area (Å²) in [6.45, 7) is 5.78. The van der Waals surface area contributed by atoms with Gasteiger partial charge in [-0.1, -0.05) is 0 Å². The smallest absolute Gasteiger partial charge is 0.226 e. The van der Waals surface area contributed by atoms with Gasteiger partial charge in [-0.25, -0.2) is 4.98 Å². The van der Waals surface area contributed by atoms with Crippen molar-refractivity contribution >= 4 is 23.2 Å². The van der Waals surface area contributed by atoms with Crippen molar-refractivity contribution in [2.24, 2.45) is 11.8 Å². The topological polar surface area (TPSA) is 74.3 Å². The van der Waals surface area contributed by atoms with Gasteiger partial charge in [-0.2, -0.15) is 0 Å². The Morgan fingerprint density at radius 2 is 2.08 bits per heavy atom. The van der Waals surface area contributed by atoms with E-state index in [1.807, 2.05) is 11.8 Å². The fourth-order valence-corrected chi connectivity index (χ4v) is 4.46. The predicted molar refractivity (Wildman–Crippen MR) is 98.5 cm³/mol. The molecule has 7 heteroatoms. The van der Waals surface area contributed by atoms with Crippen LogP contribution in [0.5, 0.6) is 0 Å². The van der Waals surface area contributed by atoms with E-state index in [-0.39, 0.29) is 23.7 Å². The molecule has 6 nitrogen and oxygen atoms in total. The molecule has 138 valence electrons. The minimum atomic E-state index is -0.104. The molecule has 3 heterocycles. The number of nitrogens with one attached hydrogen (secondary N) is 2. The van der Waals surface area contributed by atoms with Crippen LogP contribution in [0.4, 0.5) is 0 Å². The fourth-order valence-electron chi connectivity index (χ4n) is 3.64. The highest BCUT2D eigenvalue weighted by molar-refractivity contribution is 7.09. The van der Waals surface area contributed by atoms with Gasteiger partial charge in [-0.05, 0) is 32.6 Å². The van der Waals surface area contributed by atoms with E-state index < -0.39 is 0 Å². The first kappa shape index (κ1) is 18.3. The molecule has 2 fully saturated rings. The van der Waals surface area contributed by atoms with E-state index in [2.05, 4.69) is 21.0 Å².